The summed E-state index contributed by atoms with van der Waals surface area (Å²) in [6.07, 6.45) is 0.821. The normalized spacial score (nSPS) is 10.4. The summed E-state index contributed by atoms with van der Waals surface area (Å²) in [6.45, 7) is 4.26. The molecule has 0 unspecified atom stereocenters. The van der Waals surface area contributed by atoms with Gasteiger partial charge in [-0.15, -0.1) is 0 Å². The lowest BCUT2D eigenvalue weighted by Gasteiger charge is -2.13. The summed E-state index contributed by atoms with van der Waals surface area (Å²) < 4.78 is 5.85. The van der Waals surface area contributed by atoms with E-state index in [1.165, 1.54) is 0 Å². The van der Waals surface area contributed by atoms with E-state index in [2.05, 4.69) is 19.9 Å². The number of aldehydes is 1. The van der Waals surface area contributed by atoms with Gasteiger partial charge in [-0.3, -0.25) is 4.79 Å². The minimum Gasteiger partial charge on any atom is -0.457 e. The van der Waals surface area contributed by atoms with Gasteiger partial charge in [0.2, 0.25) is 0 Å². The third kappa shape index (κ3) is 2.77. The Morgan fingerprint density at radius 3 is 2.56 bits per heavy atom. The molecule has 2 rings (SSSR count). The minimum absolute atomic E-state index is 0.399. The third-order valence-corrected chi connectivity index (χ3v) is 2.76. The smallest absolute Gasteiger partial charge is 0.150 e. The van der Waals surface area contributed by atoms with Crippen molar-refractivity contribution in [3.8, 4) is 11.5 Å². The fourth-order valence-electron chi connectivity index (χ4n) is 1.83. The molecule has 0 aromatic heterocycles. The van der Waals surface area contributed by atoms with E-state index >= 15 is 0 Å². The molecule has 92 valence electrons. The van der Waals surface area contributed by atoms with Gasteiger partial charge in [-0.1, -0.05) is 44.2 Å². The van der Waals surface area contributed by atoms with E-state index < -0.39 is 0 Å². The van der Waals surface area contributed by atoms with Crippen LogP contribution in [-0.2, 0) is 0 Å². The first-order valence-corrected chi connectivity index (χ1v) is 6.02. The molecule has 0 spiro atoms. The Morgan fingerprint density at radius 1 is 1.06 bits per heavy atom. The van der Waals surface area contributed by atoms with Gasteiger partial charge in [0.25, 0.3) is 0 Å². The van der Waals surface area contributed by atoms with E-state index in [0.29, 0.717) is 17.2 Å². The predicted octanol–water partition coefficient (Wildman–Crippen LogP) is 4.41. The van der Waals surface area contributed by atoms with Crippen LogP contribution in [0.1, 0.15) is 35.7 Å². The molecule has 0 saturated carbocycles. The van der Waals surface area contributed by atoms with Gasteiger partial charge >= 0.3 is 0 Å². The fourth-order valence-corrected chi connectivity index (χ4v) is 1.83. The molecule has 2 aromatic rings. The summed E-state index contributed by atoms with van der Waals surface area (Å²) in [6, 6.07) is 15.1. The summed E-state index contributed by atoms with van der Waals surface area (Å²) in [5, 5.41) is 0. The number of benzene rings is 2. The van der Waals surface area contributed by atoms with Gasteiger partial charge in [0.15, 0.2) is 0 Å². The maximum atomic E-state index is 10.7. The van der Waals surface area contributed by atoms with Crippen LogP contribution in [-0.4, -0.2) is 6.29 Å². The molecule has 0 fully saturated rings. The number of rotatable bonds is 4. The van der Waals surface area contributed by atoms with Crippen molar-refractivity contribution in [2.45, 2.75) is 19.8 Å². The zero-order valence-corrected chi connectivity index (χ0v) is 10.6. The highest BCUT2D eigenvalue weighted by atomic mass is 16.5. The lowest BCUT2D eigenvalue weighted by molar-refractivity contribution is 0.112. The summed E-state index contributed by atoms with van der Waals surface area (Å²) in [5.41, 5.74) is 1.78. The van der Waals surface area contributed by atoms with E-state index in [4.69, 9.17) is 4.74 Å². The van der Waals surface area contributed by atoms with E-state index in [1.54, 1.807) is 12.1 Å². The Labute approximate surface area is 107 Å². The minimum atomic E-state index is 0.399. The van der Waals surface area contributed by atoms with Crippen LogP contribution in [0.4, 0.5) is 0 Å². The van der Waals surface area contributed by atoms with Crippen molar-refractivity contribution in [1.29, 1.82) is 0 Å². The highest BCUT2D eigenvalue weighted by Crippen LogP contribution is 2.30. The van der Waals surface area contributed by atoms with Crippen LogP contribution < -0.4 is 4.74 Å². The van der Waals surface area contributed by atoms with E-state index in [1.807, 2.05) is 30.3 Å². The first-order chi connectivity index (χ1) is 8.70. The molecular weight excluding hydrogens is 224 g/mol. The molecule has 0 amide bonds. The quantitative estimate of drug-likeness (QED) is 0.740. The van der Waals surface area contributed by atoms with Gasteiger partial charge in [0.05, 0.1) is 0 Å². The number of carbonyl (C=O) groups excluding carboxylic acids is 1. The summed E-state index contributed by atoms with van der Waals surface area (Å²) in [5.74, 6) is 1.93. The zero-order valence-electron chi connectivity index (χ0n) is 10.6. The van der Waals surface area contributed by atoms with E-state index in [9.17, 15) is 4.79 Å². The largest absolute Gasteiger partial charge is 0.457 e. The molecule has 2 heteroatoms. The molecule has 0 bridgehead atoms. The standard InChI is InChI=1S/C16H16O2/c1-12(2)15-8-3-4-9-16(15)18-14-7-5-6-13(10-14)11-17/h3-12H,1-2H3. The van der Waals surface area contributed by atoms with Crippen LogP contribution in [0.3, 0.4) is 0 Å². The van der Waals surface area contributed by atoms with Crippen molar-refractivity contribution in [3.05, 3.63) is 59.7 Å². The molecule has 0 heterocycles. The second kappa shape index (κ2) is 5.50. The average molecular weight is 240 g/mol. The maximum Gasteiger partial charge on any atom is 0.150 e. The van der Waals surface area contributed by atoms with Crippen LogP contribution in [0, 0.1) is 0 Å². The molecule has 0 aliphatic carbocycles. The topological polar surface area (TPSA) is 26.3 Å². The molecule has 0 radical (unpaired) electrons. The van der Waals surface area contributed by atoms with Crippen molar-refractivity contribution >= 4 is 6.29 Å². The van der Waals surface area contributed by atoms with Crippen LogP contribution in [0.15, 0.2) is 48.5 Å². The predicted molar refractivity (Wildman–Crippen MR) is 72.4 cm³/mol. The average Bonchev–Trinajstić information content (AvgIpc) is 2.39. The Morgan fingerprint density at radius 2 is 1.83 bits per heavy atom. The summed E-state index contributed by atoms with van der Waals surface area (Å²) in [4.78, 5) is 10.7. The van der Waals surface area contributed by atoms with Crippen molar-refractivity contribution in [2.75, 3.05) is 0 Å². The molecule has 2 nitrogen and oxygen atoms in total. The Bertz CT molecular complexity index is 544. The molecule has 0 aliphatic rings. The SMILES string of the molecule is CC(C)c1ccccc1Oc1cccc(C=O)c1. The second-order valence-corrected chi connectivity index (χ2v) is 4.48. The fraction of sp³-hybridized carbons (Fsp3) is 0.188. The van der Waals surface area contributed by atoms with Gasteiger partial charge in [0.1, 0.15) is 17.8 Å². The van der Waals surface area contributed by atoms with E-state index in [0.717, 1.165) is 17.6 Å². The Hall–Kier alpha value is -2.09. The van der Waals surface area contributed by atoms with Crippen molar-refractivity contribution in [2.24, 2.45) is 0 Å². The monoisotopic (exact) mass is 240 g/mol. The maximum absolute atomic E-state index is 10.7. The molecule has 0 N–H and O–H groups in total. The molecule has 0 saturated heterocycles. The molecule has 0 aliphatic heterocycles. The van der Waals surface area contributed by atoms with Crippen molar-refractivity contribution < 1.29 is 9.53 Å². The number of ether oxygens (including phenoxy) is 1. The third-order valence-electron chi connectivity index (χ3n) is 2.76. The molecule has 2 aromatic carbocycles. The van der Waals surface area contributed by atoms with Crippen molar-refractivity contribution in [3.63, 3.8) is 0 Å². The lowest BCUT2D eigenvalue weighted by Crippen LogP contribution is -1.93. The van der Waals surface area contributed by atoms with Gasteiger partial charge in [-0.05, 0) is 29.7 Å². The molecule has 0 atom stereocenters. The van der Waals surface area contributed by atoms with E-state index in [-0.39, 0.29) is 0 Å². The van der Waals surface area contributed by atoms with Gasteiger partial charge in [-0.2, -0.15) is 0 Å². The number of hydrogen-bond donors (Lipinski definition) is 0. The first-order valence-electron chi connectivity index (χ1n) is 6.02. The van der Waals surface area contributed by atoms with Crippen LogP contribution in [0.5, 0.6) is 11.5 Å². The second-order valence-electron chi connectivity index (χ2n) is 4.48. The highest BCUT2D eigenvalue weighted by molar-refractivity contribution is 5.75. The van der Waals surface area contributed by atoms with Crippen LogP contribution in [0.2, 0.25) is 0 Å². The molecule has 18 heavy (non-hydrogen) atoms. The highest BCUT2D eigenvalue weighted by Gasteiger charge is 2.07. The van der Waals surface area contributed by atoms with Crippen molar-refractivity contribution in [1.82, 2.24) is 0 Å². The number of para-hydroxylation sites is 1. The lowest BCUT2D eigenvalue weighted by atomic mass is 10.0. The zero-order chi connectivity index (χ0) is 13.0. The Kier molecular flexibility index (Phi) is 3.78. The van der Waals surface area contributed by atoms with Gasteiger partial charge in [-0.25, -0.2) is 0 Å². The first kappa shape index (κ1) is 12.4. The van der Waals surface area contributed by atoms with Gasteiger partial charge < -0.3 is 4.74 Å². The van der Waals surface area contributed by atoms with Gasteiger partial charge in [0, 0.05) is 5.56 Å². The van der Waals surface area contributed by atoms with Crippen LogP contribution in [0.25, 0.3) is 0 Å². The Balaban J connectivity index is 2.30. The summed E-state index contributed by atoms with van der Waals surface area (Å²) in [7, 11) is 0. The number of hydrogen-bond acceptors (Lipinski definition) is 2. The van der Waals surface area contributed by atoms with Crippen LogP contribution >= 0.6 is 0 Å². The summed E-state index contributed by atoms with van der Waals surface area (Å²) >= 11 is 0. The number of carbonyl (C=O) groups is 1. The molecular formula is C16H16O2.